The largest absolute Gasteiger partial charge is 0.301 e. The summed E-state index contributed by atoms with van der Waals surface area (Å²) in [6.07, 6.45) is 2.52. The van der Waals surface area contributed by atoms with E-state index in [1.807, 2.05) is 0 Å². The summed E-state index contributed by atoms with van der Waals surface area (Å²) >= 11 is 0. The van der Waals surface area contributed by atoms with Gasteiger partial charge in [-0.25, -0.2) is 8.78 Å². The molecule has 0 aromatic heterocycles. The van der Waals surface area contributed by atoms with Gasteiger partial charge in [0, 0.05) is 24.9 Å². The van der Waals surface area contributed by atoms with Crippen molar-refractivity contribution in [3.8, 4) is 0 Å². The number of rotatable bonds is 3. The molecule has 1 aliphatic rings. The highest BCUT2D eigenvalue weighted by Gasteiger charge is 2.36. The molecule has 0 amide bonds. The first kappa shape index (κ1) is 11.9. The van der Waals surface area contributed by atoms with E-state index in [9.17, 15) is 8.78 Å². The zero-order valence-electron chi connectivity index (χ0n) is 9.39. The number of hydrogen-bond acceptors (Lipinski definition) is 1. The van der Waals surface area contributed by atoms with Crippen molar-refractivity contribution in [1.82, 2.24) is 4.90 Å². The molecule has 1 fully saturated rings. The van der Waals surface area contributed by atoms with Crippen molar-refractivity contribution in [3.05, 3.63) is 0 Å². The number of alkyl halides is 2. The Balaban J connectivity index is 2.41. The summed E-state index contributed by atoms with van der Waals surface area (Å²) in [7, 11) is 2.06. The van der Waals surface area contributed by atoms with Crippen LogP contribution in [0.5, 0.6) is 0 Å². The summed E-state index contributed by atoms with van der Waals surface area (Å²) in [5.74, 6) is -2.40. The minimum Gasteiger partial charge on any atom is -0.301 e. The molecular formula is C11H21F2N. The van der Waals surface area contributed by atoms with E-state index in [-0.39, 0.29) is 12.8 Å². The summed E-state index contributed by atoms with van der Waals surface area (Å²) in [4.78, 5) is 2.26. The van der Waals surface area contributed by atoms with Crippen LogP contribution in [0, 0.1) is 0 Å². The fraction of sp³-hybridized carbons (Fsp3) is 1.00. The predicted molar refractivity (Wildman–Crippen MR) is 54.7 cm³/mol. The van der Waals surface area contributed by atoms with E-state index >= 15 is 0 Å². The molecule has 1 atom stereocenters. The van der Waals surface area contributed by atoms with Crippen molar-refractivity contribution in [3.63, 3.8) is 0 Å². The average Bonchev–Trinajstić information content (AvgIpc) is 2.15. The summed E-state index contributed by atoms with van der Waals surface area (Å²) in [5.41, 5.74) is 0. The first-order chi connectivity index (χ1) is 6.46. The quantitative estimate of drug-likeness (QED) is 0.683. The second-order valence-corrected chi connectivity index (χ2v) is 4.51. The average molecular weight is 205 g/mol. The van der Waals surface area contributed by atoms with Crippen LogP contribution in [0.1, 0.15) is 46.0 Å². The van der Waals surface area contributed by atoms with Gasteiger partial charge in [0.2, 0.25) is 5.92 Å². The number of nitrogens with zero attached hydrogens (tertiary/aromatic N) is 1. The molecule has 1 rings (SSSR count). The molecule has 0 aliphatic heterocycles. The van der Waals surface area contributed by atoms with Crippen LogP contribution >= 0.6 is 0 Å². The molecule has 0 saturated heterocycles. The van der Waals surface area contributed by atoms with Crippen molar-refractivity contribution in [1.29, 1.82) is 0 Å². The Kier molecular flexibility index (Phi) is 3.87. The Morgan fingerprint density at radius 3 is 2.29 bits per heavy atom. The van der Waals surface area contributed by atoms with E-state index in [2.05, 4.69) is 25.8 Å². The third-order valence-corrected chi connectivity index (χ3v) is 3.55. The van der Waals surface area contributed by atoms with Crippen LogP contribution < -0.4 is 0 Å². The van der Waals surface area contributed by atoms with Gasteiger partial charge in [-0.2, -0.15) is 0 Å². The third kappa shape index (κ3) is 2.91. The van der Waals surface area contributed by atoms with Crippen LogP contribution in [0.25, 0.3) is 0 Å². The van der Waals surface area contributed by atoms with Gasteiger partial charge < -0.3 is 4.90 Å². The highest BCUT2D eigenvalue weighted by molar-refractivity contribution is 4.83. The van der Waals surface area contributed by atoms with Crippen LogP contribution in [0.3, 0.4) is 0 Å². The van der Waals surface area contributed by atoms with Crippen molar-refractivity contribution >= 4 is 0 Å². The lowest BCUT2D eigenvalue weighted by Crippen LogP contribution is -2.42. The molecule has 0 bridgehead atoms. The maximum atomic E-state index is 12.9. The lowest BCUT2D eigenvalue weighted by atomic mass is 9.90. The van der Waals surface area contributed by atoms with Gasteiger partial charge in [-0.1, -0.05) is 6.92 Å². The second kappa shape index (κ2) is 4.56. The van der Waals surface area contributed by atoms with Crippen molar-refractivity contribution in [2.75, 3.05) is 7.05 Å². The Labute approximate surface area is 85.5 Å². The second-order valence-electron chi connectivity index (χ2n) is 4.51. The maximum absolute atomic E-state index is 12.9. The van der Waals surface area contributed by atoms with Crippen LogP contribution in [-0.4, -0.2) is 30.0 Å². The van der Waals surface area contributed by atoms with Crippen molar-refractivity contribution in [2.45, 2.75) is 64.0 Å². The van der Waals surface area contributed by atoms with E-state index < -0.39 is 5.92 Å². The van der Waals surface area contributed by atoms with Crippen LogP contribution in [0.4, 0.5) is 8.78 Å². The predicted octanol–water partition coefficient (Wildman–Crippen LogP) is 3.29. The van der Waals surface area contributed by atoms with Gasteiger partial charge in [-0.3, -0.25) is 0 Å². The minimum absolute atomic E-state index is 0.0679. The zero-order chi connectivity index (χ0) is 10.8. The molecule has 1 nitrogen and oxygen atoms in total. The molecule has 3 heteroatoms. The van der Waals surface area contributed by atoms with E-state index in [1.54, 1.807) is 0 Å². The van der Waals surface area contributed by atoms with Gasteiger partial charge in [0.25, 0.3) is 0 Å². The SMILES string of the molecule is CCC(C)N(C)C1CCC(F)(F)CC1. The standard InChI is InChI=1S/C11H21F2N/c1-4-9(2)14(3)10-5-7-11(12,13)8-6-10/h9-10H,4-8H2,1-3H3. The summed E-state index contributed by atoms with van der Waals surface area (Å²) in [6.45, 7) is 4.30. The van der Waals surface area contributed by atoms with Gasteiger partial charge in [0.05, 0.1) is 0 Å². The van der Waals surface area contributed by atoms with Gasteiger partial charge >= 0.3 is 0 Å². The summed E-state index contributed by atoms with van der Waals surface area (Å²) in [6, 6.07) is 0.872. The fourth-order valence-electron chi connectivity index (χ4n) is 2.08. The normalized spacial score (nSPS) is 25.3. The van der Waals surface area contributed by atoms with Crippen molar-refractivity contribution in [2.24, 2.45) is 0 Å². The fourth-order valence-corrected chi connectivity index (χ4v) is 2.08. The maximum Gasteiger partial charge on any atom is 0.248 e. The highest BCUT2D eigenvalue weighted by atomic mass is 19.3. The smallest absolute Gasteiger partial charge is 0.248 e. The Morgan fingerprint density at radius 1 is 1.36 bits per heavy atom. The summed E-state index contributed by atoms with van der Waals surface area (Å²) < 4.78 is 25.8. The lowest BCUT2D eigenvalue weighted by Gasteiger charge is -2.37. The Hall–Kier alpha value is -0.180. The molecular weight excluding hydrogens is 184 g/mol. The molecule has 0 spiro atoms. The first-order valence-electron chi connectivity index (χ1n) is 5.56. The van der Waals surface area contributed by atoms with E-state index in [1.165, 1.54) is 0 Å². The van der Waals surface area contributed by atoms with Gasteiger partial charge in [-0.05, 0) is 33.2 Å². The molecule has 0 N–H and O–H groups in total. The molecule has 1 aliphatic carbocycles. The lowest BCUT2D eigenvalue weighted by molar-refractivity contribution is -0.0546. The van der Waals surface area contributed by atoms with Gasteiger partial charge in [0.1, 0.15) is 0 Å². The van der Waals surface area contributed by atoms with Crippen LogP contribution in [0.15, 0.2) is 0 Å². The van der Waals surface area contributed by atoms with E-state index in [0.717, 1.165) is 6.42 Å². The van der Waals surface area contributed by atoms with Gasteiger partial charge in [-0.15, -0.1) is 0 Å². The molecule has 14 heavy (non-hydrogen) atoms. The molecule has 0 aromatic rings. The van der Waals surface area contributed by atoms with Gasteiger partial charge in [0.15, 0.2) is 0 Å². The third-order valence-electron chi connectivity index (χ3n) is 3.55. The Morgan fingerprint density at radius 2 is 1.86 bits per heavy atom. The number of hydrogen-bond donors (Lipinski definition) is 0. The van der Waals surface area contributed by atoms with E-state index in [0.29, 0.717) is 24.9 Å². The molecule has 0 aromatic carbocycles. The monoisotopic (exact) mass is 205 g/mol. The Bertz CT molecular complexity index is 172. The minimum atomic E-state index is -2.40. The van der Waals surface area contributed by atoms with Crippen LogP contribution in [0.2, 0.25) is 0 Å². The molecule has 0 heterocycles. The molecule has 1 unspecified atom stereocenters. The first-order valence-corrected chi connectivity index (χ1v) is 5.56. The van der Waals surface area contributed by atoms with Crippen LogP contribution in [-0.2, 0) is 0 Å². The summed E-state index contributed by atoms with van der Waals surface area (Å²) in [5, 5.41) is 0. The molecule has 0 radical (unpaired) electrons. The van der Waals surface area contributed by atoms with E-state index in [4.69, 9.17) is 0 Å². The number of halogens is 2. The molecule has 1 saturated carbocycles. The van der Waals surface area contributed by atoms with Crippen molar-refractivity contribution < 1.29 is 8.78 Å². The topological polar surface area (TPSA) is 3.24 Å². The molecule has 84 valence electrons. The highest BCUT2D eigenvalue weighted by Crippen LogP contribution is 2.35. The zero-order valence-corrected chi connectivity index (χ0v) is 9.39.